The second-order valence-electron chi connectivity index (χ2n) is 3.86. The molecule has 1 aromatic heterocycles. The molecule has 0 atom stereocenters. The zero-order valence-corrected chi connectivity index (χ0v) is 9.47. The van der Waals surface area contributed by atoms with Gasteiger partial charge < -0.3 is 5.32 Å². The molecule has 0 bridgehead atoms. The molecule has 0 aromatic carbocycles. The van der Waals surface area contributed by atoms with Gasteiger partial charge in [-0.05, 0) is 47.8 Å². The molecule has 1 heterocycles. The number of hydrogen-bond acceptors (Lipinski definition) is 2. The number of nitrogens with one attached hydrogen (secondary N) is 1. The van der Waals surface area contributed by atoms with Crippen LogP contribution in [0.2, 0.25) is 0 Å². The van der Waals surface area contributed by atoms with Crippen molar-refractivity contribution in [3.05, 3.63) is 28.5 Å². The van der Waals surface area contributed by atoms with Crippen LogP contribution in [0.1, 0.15) is 30.3 Å². The summed E-state index contributed by atoms with van der Waals surface area (Å²) < 4.78 is 0.686. The molecule has 1 amide bonds. The average molecular weight is 255 g/mol. The van der Waals surface area contributed by atoms with E-state index in [0.29, 0.717) is 10.3 Å². The van der Waals surface area contributed by atoms with Crippen LogP contribution in [0.25, 0.3) is 0 Å². The highest BCUT2D eigenvalue weighted by molar-refractivity contribution is 9.10. The van der Waals surface area contributed by atoms with Crippen molar-refractivity contribution in [2.24, 2.45) is 0 Å². The Kier molecular flexibility index (Phi) is 2.31. The second-order valence-corrected chi connectivity index (χ2v) is 4.67. The summed E-state index contributed by atoms with van der Waals surface area (Å²) in [6, 6.07) is 5.32. The Hall–Kier alpha value is -0.900. The van der Waals surface area contributed by atoms with Gasteiger partial charge in [-0.15, -0.1) is 0 Å². The minimum Gasteiger partial charge on any atom is -0.346 e. The first kappa shape index (κ1) is 9.65. The normalized spacial score (nSPS) is 17.6. The van der Waals surface area contributed by atoms with E-state index in [9.17, 15) is 4.79 Å². The van der Waals surface area contributed by atoms with Crippen LogP contribution in [0.15, 0.2) is 22.8 Å². The van der Waals surface area contributed by atoms with Gasteiger partial charge in [0.15, 0.2) is 0 Å². The lowest BCUT2D eigenvalue weighted by atomic mass is 10.3. The van der Waals surface area contributed by atoms with Crippen LogP contribution in [-0.4, -0.2) is 16.4 Å². The molecule has 1 saturated carbocycles. The molecule has 0 saturated heterocycles. The van der Waals surface area contributed by atoms with Gasteiger partial charge >= 0.3 is 0 Å². The lowest BCUT2D eigenvalue weighted by molar-refractivity contribution is 0.0930. The zero-order valence-electron chi connectivity index (χ0n) is 7.88. The standard InChI is InChI=1S/C10H11BrN2O/c1-10(5-6-10)13-9(14)7-3-2-4-8(11)12-7/h2-4H,5-6H2,1H3,(H,13,14). The van der Waals surface area contributed by atoms with Crippen molar-refractivity contribution >= 4 is 21.8 Å². The van der Waals surface area contributed by atoms with Crippen LogP contribution in [0.4, 0.5) is 0 Å². The summed E-state index contributed by atoms with van der Waals surface area (Å²) in [5.41, 5.74) is 0.480. The molecule has 1 aliphatic carbocycles. The molecule has 0 spiro atoms. The monoisotopic (exact) mass is 254 g/mol. The van der Waals surface area contributed by atoms with Crippen molar-refractivity contribution in [1.82, 2.24) is 10.3 Å². The lowest BCUT2D eigenvalue weighted by Gasteiger charge is -2.10. The van der Waals surface area contributed by atoms with Crippen molar-refractivity contribution in [2.45, 2.75) is 25.3 Å². The summed E-state index contributed by atoms with van der Waals surface area (Å²) in [5.74, 6) is -0.0914. The number of pyridine rings is 1. The van der Waals surface area contributed by atoms with Gasteiger partial charge in [-0.1, -0.05) is 6.07 Å². The summed E-state index contributed by atoms with van der Waals surface area (Å²) in [4.78, 5) is 15.7. The van der Waals surface area contributed by atoms with Gasteiger partial charge in [0.05, 0.1) is 0 Å². The molecule has 0 unspecified atom stereocenters. The largest absolute Gasteiger partial charge is 0.346 e. The van der Waals surface area contributed by atoms with E-state index in [0.717, 1.165) is 12.8 Å². The van der Waals surface area contributed by atoms with Crippen LogP contribution in [0.3, 0.4) is 0 Å². The van der Waals surface area contributed by atoms with Crippen LogP contribution in [-0.2, 0) is 0 Å². The first-order valence-electron chi connectivity index (χ1n) is 4.54. The van der Waals surface area contributed by atoms with Crippen molar-refractivity contribution in [1.29, 1.82) is 0 Å². The molecule has 14 heavy (non-hydrogen) atoms. The fourth-order valence-electron chi connectivity index (χ4n) is 1.19. The number of hydrogen-bond donors (Lipinski definition) is 1. The minimum absolute atomic E-state index is 0.0150. The average Bonchev–Trinajstić information content (AvgIpc) is 2.83. The smallest absolute Gasteiger partial charge is 0.270 e. The third kappa shape index (κ3) is 2.12. The molecule has 0 radical (unpaired) electrons. The highest BCUT2D eigenvalue weighted by atomic mass is 79.9. The highest BCUT2D eigenvalue weighted by Gasteiger charge is 2.38. The predicted octanol–water partition coefficient (Wildman–Crippen LogP) is 2.13. The fraction of sp³-hybridized carbons (Fsp3) is 0.400. The summed E-state index contributed by atoms with van der Waals surface area (Å²) in [6.45, 7) is 2.04. The maximum absolute atomic E-state index is 11.7. The Balaban J connectivity index is 2.11. The van der Waals surface area contributed by atoms with Crippen LogP contribution >= 0.6 is 15.9 Å². The Bertz CT molecular complexity index is 374. The third-order valence-electron chi connectivity index (χ3n) is 2.36. The van der Waals surface area contributed by atoms with E-state index in [-0.39, 0.29) is 11.4 Å². The molecular weight excluding hydrogens is 244 g/mol. The molecular formula is C10H11BrN2O. The summed E-state index contributed by atoms with van der Waals surface area (Å²) in [7, 11) is 0. The number of carbonyl (C=O) groups is 1. The first-order chi connectivity index (χ1) is 6.59. The Morgan fingerprint density at radius 1 is 1.57 bits per heavy atom. The zero-order chi connectivity index (χ0) is 10.2. The maximum Gasteiger partial charge on any atom is 0.270 e. The Morgan fingerprint density at radius 3 is 2.86 bits per heavy atom. The van der Waals surface area contributed by atoms with E-state index in [1.165, 1.54) is 0 Å². The third-order valence-corrected chi connectivity index (χ3v) is 2.80. The molecule has 4 heteroatoms. The maximum atomic E-state index is 11.7. The van der Waals surface area contributed by atoms with Crippen molar-refractivity contribution in [3.8, 4) is 0 Å². The molecule has 1 N–H and O–H groups in total. The molecule has 1 aromatic rings. The van der Waals surface area contributed by atoms with Gasteiger partial charge in [0, 0.05) is 5.54 Å². The van der Waals surface area contributed by atoms with Gasteiger partial charge in [-0.2, -0.15) is 0 Å². The van der Waals surface area contributed by atoms with Gasteiger partial charge in [-0.25, -0.2) is 4.98 Å². The van der Waals surface area contributed by atoms with Crippen LogP contribution in [0.5, 0.6) is 0 Å². The number of halogens is 1. The summed E-state index contributed by atoms with van der Waals surface area (Å²) >= 11 is 3.23. The van der Waals surface area contributed by atoms with Crippen LogP contribution in [0, 0.1) is 0 Å². The van der Waals surface area contributed by atoms with Gasteiger partial charge in [0.2, 0.25) is 0 Å². The minimum atomic E-state index is -0.0914. The van der Waals surface area contributed by atoms with Crippen molar-refractivity contribution in [3.63, 3.8) is 0 Å². The predicted molar refractivity (Wildman–Crippen MR) is 57.0 cm³/mol. The molecule has 1 fully saturated rings. The SMILES string of the molecule is CC1(NC(=O)c2cccc(Br)n2)CC1. The van der Waals surface area contributed by atoms with Gasteiger partial charge in [0.1, 0.15) is 10.3 Å². The van der Waals surface area contributed by atoms with E-state index in [2.05, 4.69) is 26.2 Å². The van der Waals surface area contributed by atoms with E-state index >= 15 is 0 Å². The number of amides is 1. The number of nitrogens with zero attached hydrogens (tertiary/aromatic N) is 1. The van der Waals surface area contributed by atoms with Crippen LogP contribution < -0.4 is 5.32 Å². The molecule has 3 nitrogen and oxygen atoms in total. The molecule has 74 valence electrons. The molecule has 0 aliphatic heterocycles. The Labute approximate surface area is 91.0 Å². The summed E-state index contributed by atoms with van der Waals surface area (Å²) in [5, 5.41) is 2.95. The van der Waals surface area contributed by atoms with E-state index in [1.54, 1.807) is 18.2 Å². The topological polar surface area (TPSA) is 42.0 Å². The fourth-order valence-corrected chi connectivity index (χ4v) is 1.53. The number of aromatic nitrogens is 1. The molecule has 1 aliphatic rings. The van der Waals surface area contributed by atoms with E-state index in [1.807, 2.05) is 6.92 Å². The second kappa shape index (κ2) is 3.35. The van der Waals surface area contributed by atoms with Gasteiger partial charge in [-0.3, -0.25) is 4.79 Å². The lowest BCUT2D eigenvalue weighted by Crippen LogP contribution is -2.34. The van der Waals surface area contributed by atoms with E-state index in [4.69, 9.17) is 0 Å². The highest BCUT2D eigenvalue weighted by Crippen LogP contribution is 2.34. The van der Waals surface area contributed by atoms with E-state index < -0.39 is 0 Å². The molecule has 2 rings (SSSR count). The summed E-state index contributed by atoms with van der Waals surface area (Å²) in [6.07, 6.45) is 2.12. The van der Waals surface area contributed by atoms with Gasteiger partial charge in [0.25, 0.3) is 5.91 Å². The first-order valence-corrected chi connectivity index (χ1v) is 5.33. The Morgan fingerprint density at radius 2 is 2.29 bits per heavy atom. The number of carbonyl (C=O) groups excluding carboxylic acids is 1. The quantitative estimate of drug-likeness (QED) is 0.822. The number of rotatable bonds is 2. The van der Waals surface area contributed by atoms with Crippen molar-refractivity contribution in [2.75, 3.05) is 0 Å². The van der Waals surface area contributed by atoms with Crippen molar-refractivity contribution < 1.29 is 4.79 Å².